The van der Waals surface area contributed by atoms with E-state index in [1.807, 2.05) is 5.32 Å². The van der Waals surface area contributed by atoms with Gasteiger partial charge < -0.3 is 10.3 Å². The van der Waals surface area contributed by atoms with Crippen LogP contribution in [0.3, 0.4) is 0 Å². The number of nitrogens with two attached hydrogens (primary N) is 1. The van der Waals surface area contributed by atoms with E-state index in [1.165, 1.54) is 6.07 Å². The molecule has 1 heterocycles. The van der Waals surface area contributed by atoms with E-state index in [-0.39, 0.29) is 5.88 Å². The number of nitrogens with zero attached hydrogens (tertiary/aromatic N) is 1. The quantitative estimate of drug-likeness (QED) is 0.809. The summed E-state index contributed by atoms with van der Waals surface area (Å²) in [6.07, 6.45) is -4.84. The minimum Gasteiger partial charge on any atom is -0.338 e. The maximum atomic E-state index is 12.4. The first-order valence-electron chi connectivity index (χ1n) is 4.25. The number of halogens is 3. The largest absolute Gasteiger partial charge is 0.415 e. The number of hydrogen-bond donors (Lipinski definition) is 2. The summed E-state index contributed by atoms with van der Waals surface area (Å²) in [6, 6.07) is 1.28. The minimum atomic E-state index is -4.84. The number of carbonyl (C=O) groups is 1. The van der Waals surface area contributed by atoms with Gasteiger partial charge in [0.2, 0.25) is 5.88 Å². The molecule has 0 saturated heterocycles. The Morgan fingerprint density at radius 2 is 2.12 bits per heavy atom. The van der Waals surface area contributed by atoms with E-state index in [4.69, 9.17) is 5.73 Å². The van der Waals surface area contributed by atoms with Gasteiger partial charge in [0, 0.05) is 6.07 Å². The van der Waals surface area contributed by atoms with E-state index in [0.29, 0.717) is 12.6 Å². The number of rotatable bonds is 2. The topological polar surface area (TPSA) is 81.2 Å². The van der Waals surface area contributed by atoms with E-state index >= 15 is 0 Å². The number of alkyl halides is 3. The summed E-state index contributed by atoms with van der Waals surface area (Å²) in [5.41, 5.74) is 2.35. The number of aromatic nitrogens is 1. The van der Waals surface area contributed by atoms with Crippen molar-refractivity contribution >= 4 is 11.8 Å². The molecule has 1 amide bonds. The number of aryl methyl sites for hydroxylation is 1. The highest BCUT2D eigenvalue weighted by Gasteiger charge is 2.54. The Balaban J connectivity index is 2.80. The third-order valence-electron chi connectivity index (χ3n) is 1.93. The first-order chi connectivity index (χ1) is 7.14. The molecular weight excluding hydrogens is 227 g/mol. The summed E-state index contributed by atoms with van der Waals surface area (Å²) in [4.78, 5) is 11.2. The number of anilines is 1. The van der Waals surface area contributed by atoms with E-state index in [2.05, 4.69) is 9.68 Å². The van der Waals surface area contributed by atoms with Crippen LogP contribution in [0.15, 0.2) is 10.6 Å². The molecule has 1 aromatic heterocycles. The predicted octanol–water partition coefficient (Wildman–Crippen LogP) is 1.20. The molecule has 0 bridgehead atoms. The predicted molar refractivity (Wildman–Crippen MR) is 48.5 cm³/mol. The molecule has 0 spiro atoms. The Kier molecular flexibility index (Phi) is 2.95. The van der Waals surface area contributed by atoms with E-state index in [0.717, 1.165) is 0 Å². The Bertz CT molecular complexity index is 397. The SMILES string of the molecule is Cc1cc(NC(=O)C(C)(N)C(F)(F)F)on1. The summed E-state index contributed by atoms with van der Waals surface area (Å²) in [6.45, 7) is 2.14. The highest BCUT2D eigenvalue weighted by atomic mass is 19.4. The fourth-order valence-corrected chi connectivity index (χ4v) is 0.793. The molecule has 1 rings (SSSR count). The van der Waals surface area contributed by atoms with Crippen molar-refractivity contribution in [3.8, 4) is 0 Å². The Labute approximate surface area is 88.8 Å². The Morgan fingerprint density at radius 1 is 1.56 bits per heavy atom. The second-order valence-corrected chi connectivity index (χ2v) is 3.49. The molecule has 0 saturated carbocycles. The van der Waals surface area contributed by atoms with Crippen molar-refractivity contribution < 1.29 is 22.5 Å². The van der Waals surface area contributed by atoms with Crippen LogP contribution in [0.4, 0.5) is 19.1 Å². The lowest BCUT2D eigenvalue weighted by Crippen LogP contribution is -2.59. The van der Waals surface area contributed by atoms with Gasteiger partial charge in [-0.1, -0.05) is 5.16 Å². The van der Waals surface area contributed by atoms with Crippen LogP contribution in [-0.2, 0) is 4.79 Å². The van der Waals surface area contributed by atoms with Crippen molar-refractivity contribution in [1.29, 1.82) is 0 Å². The monoisotopic (exact) mass is 237 g/mol. The molecule has 3 N–H and O–H groups in total. The lowest BCUT2D eigenvalue weighted by atomic mass is 10.0. The maximum absolute atomic E-state index is 12.4. The smallest absolute Gasteiger partial charge is 0.338 e. The van der Waals surface area contributed by atoms with Crippen LogP contribution < -0.4 is 11.1 Å². The van der Waals surface area contributed by atoms with Gasteiger partial charge >= 0.3 is 6.18 Å². The first-order valence-corrected chi connectivity index (χ1v) is 4.25. The van der Waals surface area contributed by atoms with Crippen LogP contribution in [0.2, 0.25) is 0 Å². The van der Waals surface area contributed by atoms with Crippen molar-refractivity contribution in [3.05, 3.63) is 11.8 Å². The van der Waals surface area contributed by atoms with Crippen molar-refractivity contribution in [3.63, 3.8) is 0 Å². The molecule has 1 unspecified atom stereocenters. The third kappa shape index (κ3) is 2.32. The maximum Gasteiger partial charge on any atom is 0.415 e. The van der Waals surface area contributed by atoms with Crippen LogP contribution in [0, 0.1) is 6.92 Å². The van der Waals surface area contributed by atoms with Gasteiger partial charge in [-0.15, -0.1) is 0 Å². The molecule has 16 heavy (non-hydrogen) atoms. The average molecular weight is 237 g/mol. The summed E-state index contributed by atoms with van der Waals surface area (Å²) in [5.74, 6) is -1.58. The van der Waals surface area contributed by atoms with Gasteiger partial charge in [0.15, 0.2) is 5.54 Å². The van der Waals surface area contributed by atoms with E-state index in [9.17, 15) is 18.0 Å². The van der Waals surface area contributed by atoms with Crippen LogP contribution in [0.5, 0.6) is 0 Å². The third-order valence-corrected chi connectivity index (χ3v) is 1.93. The zero-order valence-corrected chi connectivity index (χ0v) is 8.55. The molecular formula is C8H10F3N3O2. The van der Waals surface area contributed by atoms with Gasteiger partial charge in [0.05, 0.1) is 5.69 Å². The molecule has 0 aliphatic rings. The molecule has 5 nitrogen and oxygen atoms in total. The van der Waals surface area contributed by atoms with Gasteiger partial charge in [0.25, 0.3) is 5.91 Å². The zero-order valence-electron chi connectivity index (χ0n) is 8.55. The molecule has 8 heteroatoms. The summed E-state index contributed by atoms with van der Waals surface area (Å²) in [5, 5.41) is 5.30. The van der Waals surface area contributed by atoms with Crippen LogP contribution >= 0.6 is 0 Å². The fourth-order valence-electron chi connectivity index (χ4n) is 0.793. The molecule has 0 fully saturated rings. The number of carbonyl (C=O) groups excluding carboxylic acids is 1. The number of nitrogens with one attached hydrogen (secondary N) is 1. The lowest BCUT2D eigenvalue weighted by molar-refractivity contribution is -0.184. The van der Waals surface area contributed by atoms with Crippen molar-refractivity contribution in [2.75, 3.05) is 5.32 Å². The van der Waals surface area contributed by atoms with Crippen molar-refractivity contribution in [1.82, 2.24) is 5.16 Å². The van der Waals surface area contributed by atoms with Gasteiger partial charge in [-0.2, -0.15) is 13.2 Å². The van der Waals surface area contributed by atoms with Crippen LogP contribution in [0.25, 0.3) is 0 Å². The standard InChI is InChI=1S/C8H10F3N3O2/c1-4-3-5(16-14-4)13-6(15)7(2,12)8(9,10)11/h3H,12H2,1-2H3,(H,13,15). The van der Waals surface area contributed by atoms with Gasteiger partial charge in [-0.25, -0.2) is 0 Å². The summed E-state index contributed by atoms with van der Waals surface area (Å²) >= 11 is 0. The molecule has 0 aliphatic heterocycles. The van der Waals surface area contributed by atoms with Crippen LogP contribution in [-0.4, -0.2) is 22.8 Å². The summed E-state index contributed by atoms with van der Waals surface area (Å²) in [7, 11) is 0. The van der Waals surface area contributed by atoms with Gasteiger partial charge in [-0.3, -0.25) is 10.1 Å². The second kappa shape index (κ2) is 3.78. The molecule has 0 aromatic carbocycles. The molecule has 0 radical (unpaired) electrons. The molecule has 90 valence electrons. The average Bonchev–Trinajstić information content (AvgIpc) is 2.49. The fraction of sp³-hybridized carbons (Fsp3) is 0.500. The highest BCUT2D eigenvalue weighted by Crippen LogP contribution is 2.29. The lowest BCUT2D eigenvalue weighted by Gasteiger charge is -2.25. The van der Waals surface area contributed by atoms with Crippen molar-refractivity contribution in [2.45, 2.75) is 25.6 Å². The Hall–Kier alpha value is -1.57. The van der Waals surface area contributed by atoms with Gasteiger partial charge in [-0.05, 0) is 13.8 Å². The van der Waals surface area contributed by atoms with Crippen LogP contribution in [0.1, 0.15) is 12.6 Å². The second-order valence-electron chi connectivity index (χ2n) is 3.49. The zero-order chi connectivity index (χ0) is 12.6. The normalized spacial score (nSPS) is 15.6. The number of hydrogen-bond acceptors (Lipinski definition) is 4. The van der Waals surface area contributed by atoms with Gasteiger partial charge in [0.1, 0.15) is 0 Å². The summed E-state index contributed by atoms with van der Waals surface area (Å²) < 4.78 is 41.6. The molecule has 0 aliphatic carbocycles. The highest BCUT2D eigenvalue weighted by molar-refractivity contribution is 5.97. The first kappa shape index (κ1) is 12.5. The van der Waals surface area contributed by atoms with Crippen molar-refractivity contribution in [2.24, 2.45) is 5.73 Å². The molecule has 1 atom stereocenters. The Morgan fingerprint density at radius 3 is 2.50 bits per heavy atom. The van der Waals surface area contributed by atoms with E-state index < -0.39 is 17.6 Å². The van der Waals surface area contributed by atoms with E-state index in [1.54, 1.807) is 6.92 Å². The number of amides is 1. The molecule has 1 aromatic rings. The minimum absolute atomic E-state index is 0.177.